The van der Waals surface area contributed by atoms with Gasteiger partial charge in [0.1, 0.15) is 11.3 Å². The standard InChI is InChI=1S/C18H18FN5O/c19-14-5-1-3-12(9-14)10-15(25)24-8-2-4-13(11-24)16-17-18(23-22-16)21-7-6-20-17/h1,3,5-7,9,13H,2,4,8,10-11H2,(H,21,22,23)/t13-/m0/s1. The van der Waals surface area contributed by atoms with Crippen molar-refractivity contribution < 1.29 is 9.18 Å². The molecule has 1 amide bonds. The van der Waals surface area contributed by atoms with Crippen molar-refractivity contribution in [3.63, 3.8) is 0 Å². The minimum Gasteiger partial charge on any atom is -0.342 e. The molecule has 0 radical (unpaired) electrons. The van der Waals surface area contributed by atoms with Crippen LogP contribution in [0.15, 0.2) is 36.7 Å². The molecule has 0 saturated carbocycles. The van der Waals surface area contributed by atoms with E-state index in [1.807, 2.05) is 4.90 Å². The van der Waals surface area contributed by atoms with E-state index in [9.17, 15) is 9.18 Å². The summed E-state index contributed by atoms with van der Waals surface area (Å²) in [6.45, 7) is 1.34. The highest BCUT2D eigenvalue weighted by molar-refractivity contribution is 5.79. The van der Waals surface area contributed by atoms with E-state index in [-0.39, 0.29) is 24.1 Å². The number of carbonyl (C=O) groups is 1. The zero-order valence-electron chi connectivity index (χ0n) is 13.7. The number of amides is 1. The second-order valence-corrected chi connectivity index (χ2v) is 6.35. The van der Waals surface area contributed by atoms with Crippen LogP contribution in [0.25, 0.3) is 11.2 Å². The monoisotopic (exact) mass is 339 g/mol. The van der Waals surface area contributed by atoms with Crippen LogP contribution in [0.1, 0.15) is 30.0 Å². The molecule has 2 aromatic heterocycles. The van der Waals surface area contributed by atoms with Gasteiger partial charge >= 0.3 is 0 Å². The molecule has 1 saturated heterocycles. The first kappa shape index (κ1) is 15.7. The maximum atomic E-state index is 13.3. The Kier molecular flexibility index (Phi) is 4.13. The SMILES string of the molecule is O=C(Cc1cccc(F)c1)N1CCC[C@H](c2[nH]nc3nccnc23)C1. The van der Waals surface area contributed by atoms with E-state index in [0.717, 1.165) is 30.6 Å². The van der Waals surface area contributed by atoms with Crippen LogP contribution in [0.2, 0.25) is 0 Å². The highest BCUT2D eigenvalue weighted by Crippen LogP contribution is 2.29. The molecule has 1 aliphatic heterocycles. The van der Waals surface area contributed by atoms with Gasteiger partial charge in [-0.1, -0.05) is 12.1 Å². The number of hydrogen-bond donors (Lipinski definition) is 1. The number of aromatic nitrogens is 4. The summed E-state index contributed by atoms with van der Waals surface area (Å²) in [5.41, 5.74) is 3.00. The van der Waals surface area contributed by atoms with Gasteiger partial charge in [-0.25, -0.2) is 14.4 Å². The van der Waals surface area contributed by atoms with E-state index in [2.05, 4.69) is 20.2 Å². The number of piperidine rings is 1. The number of H-pyrrole nitrogens is 1. The molecular formula is C18H18FN5O. The summed E-state index contributed by atoms with van der Waals surface area (Å²) in [7, 11) is 0. The van der Waals surface area contributed by atoms with Gasteiger partial charge in [-0.15, -0.1) is 0 Å². The number of aromatic amines is 1. The molecule has 0 spiro atoms. The third-order valence-corrected chi connectivity index (χ3v) is 4.64. The van der Waals surface area contributed by atoms with Crippen molar-refractivity contribution in [3.8, 4) is 0 Å². The lowest BCUT2D eigenvalue weighted by molar-refractivity contribution is -0.131. The summed E-state index contributed by atoms with van der Waals surface area (Å²) in [4.78, 5) is 23.0. The fraction of sp³-hybridized carbons (Fsp3) is 0.333. The average molecular weight is 339 g/mol. The van der Waals surface area contributed by atoms with E-state index in [1.165, 1.54) is 12.1 Å². The number of nitrogens with zero attached hydrogens (tertiary/aromatic N) is 4. The lowest BCUT2D eigenvalue weighted by Gasteiger charge is -2.32. The summed E-state index contributed by atoms with van der Waals surface area (Å²) in [6, 6.07) is 6.21. The summed E-state index contributed by atoms with van der Waals surface area (Å²) >= 11 is 0. The number of carbonyl (C=O) groups excluding carboxylic acids is 1. The number of nitrogens with one attached hydrogen (secondary N) is 1. The Labute approximate surface area is 144 Å². The average Bonchev–Trinajstić information content (AvgIpc) is 3.06. The van der Waals surface area contributed by atoms with Crippen molar-refractivity contribution in [2.45, 2.75) is 25.2 Å². The predicted octanol–water partition coefficient (Wildman–Crippen LogP) is 2.44. The van der Waals surface area contributed by atoms with Gasteiger partial charge in [0.2, 0.25) is 5.91 Å². The lowest BCUT2D eigenvalue weighted by atomic mass is 9.94. The number of fused-ring (bicyclic) bond motifs is 1. The zero-order valence-corrected chi connectivity index (χ0v) is 13.7. The molecule has 3 heterocycles. The molecule has 0 bridgehead atoms. The predicted molar refractivity (Wildman–Crippen MR) is 90.3 cm³/mol. The van der Waals surface area contributed by atoms with Crippen molar-refractivity contribution in [3.05, 3.63) is 53.7 Å². The first-order valence-electron chi connectivity index (χ1n) is 8.38. The quantitative estimate of drug-likeness (QED) is 0.795. The van der Waals surface area contributed by atoms with Gasteiger partial charge in [0.25, 0.3) is 0 Å². The molecule has 0 aliphatic carbocycles. The Hall–Kier alpha value is -2.83. The maximum Gasteiger partial charge on any atom is 0.227 e. The normalized spacial score (nSPS) is 17.8. The highest BCUT2D eigenvalue weighted by atomic mass is 19.1. The molecule has 1 fully saturated rings. The van der Waals surface area contributed by atoms with Crippen molar-refractivity contribution >= 4 is 17.1 Å². The van der Waals surface area contributed by atoms with E-state index in [1.54, 1.807) is 24.5 Å². The van der Waals surface area contributed by atoms with E-state index < -0.39 is 0 Å². The van der Waals surface area contributed by atoms with Crippen LogP contribution in [-0.2, 0) is 11.2 Å². The summed E-state index contributed by atoms with van der Waals surface area (Å²) in [6.07, 6.45) is 5.37. The summed E-state index contributed by atoms with van der Waals surface area (Å²) < 4.78 is 13.3. The van der Waals surface area contributed by atoms with Crippen LogP contribution in [0.3, 0.4) is 0 Å². The zero-order chi connectivity index (χ0) is 17.2. The minimum atomic E-state index is -0.315. The Morgan fingerprint density at radius 3 is 3.08 bits per heavy atom. The molecule has 0 unspecified atom stereocenters. The van der Waals surface area contributed by atoms with Crippen molar-refractivity contribution in [1.29, 1.82) is 0 Å². The maximum absolute atomic E-state index is 13.3. The first-order chi connectivity index (χ1) is 12.2. The Bertz CT molecular complexity index is 909. The Morgan fingerprint density at radius 2 is 2.20 bits per heavy atom. The third-order valence-electron chi connectivity index (χ3n) is 4.64. The number of benzene rings is 1. The smallest absolute Gasteiger partial charge is 0.227 e. The van der Waals surface area contributed by atoms with Crippen molar-refractivity contribution in [1.82, 2.24) is 25.1 Å². The van der Waals surface area contributed by atoms with Crippen LogP contribution in [0.4, 0.5) is 4.39 Å². The van der Waals surface area contributed by atoms with E-state index in [0.29, 0.717) is 17.8 Å². The minimum absolute atomic E-state index is 0.0187. The summed E-state index contributed by atoms with van der Waals surface area (Å²) in [5, 5.41) is 7.23. The van der Waals surface area contributed by atoms with Crippen LogP contribution in [0, 0.1) is 5.82 Å². The topological polar surface area (TPSA) is 74.8 Å². The molecule has 3 aromatic rings. The molecule has 128 valence electrons. The number of rotatable bonds is 3. The van der Waals surface area contributed by atoms with Crippen LogP contribution < -0.4 is 0 Å². The van der Waals surface area contributed by atoms with Gasteiger partial charge in [-0.05, 0) is 30.5 Å². The Morgan fingerprint density at radius 1 is 1.32 bits per heavy atom. The van der Waals surface area contributed by atoms with Gasteiger partial charge in [-0.3, -0.25) is 9.89 Å². The molecule has 1 aromatic carbocycles. The molecular weight excluding hydrogens is 321 g/mol. The molecule has 25 heavy (non-hydrogen) atoms. The second-order valence-electron chi connectivity index (χ2n) is 6.35. The fourth-order valence-electron chi connectivity index (χ4n) is 3.43. The lowest BCUT2D eigenvalue weighted by Crippen LogP contribution is -2.40. The Balaban J connectivity index is 1.50. The van der Waals surface area contributed by atoms with Gasteiger partial charge in [0, 0.05) is 31.4 Å². The van der Waals surface area contributed by atoms with E-state index >= 15 is 0 Å². The molecule has 1 atom stereocenters. The van der Waals surface area contributed by atoms with Crippen LogP contribution in [0.5, 0.6) is 0 Å². The van der Waals surface area contributed by atoms with Gasteiger partial charge in [-0.2, -0.15) is 5.10 Å². The summed E-state index contributed by atoms with van der Waals surface area (Å²) in [5.74, 6) is -0.138. The molecule has 1 aliphatic rings. The van der Waals surface area contributed by atoms with Gasteiger partial charge < -0.3 is 4.90 Å². The molecule has 1 N–H and O–H groups in total. The van der Waals surface area contributed by atoms with Crippen molar-refractivity contribution in [2.24, 2.45) is 0 Å². The van der Waals surface area contributed by atoms with Crippen LogP contribution >= 0.6 is 0 Å². The third kappa shape index (κ3) is 3.22. The number of halogens is 1. The van der Waals surface area contributed by atoms with Crippen LogP contribution in [-0.4, -0.2) is 44.1 Å². The molecule has 4 rings (SSSR count). The molecule has 7 heteroatoms. The number of likely N-dealkylation sites (tertiary alicyclic amines) is 1. The number of hydrogen-bond acceptors (Lipinski definition) is 4. The van der Waals surface area contributed by atoms with E-state index in [4.69, 9.17) is 0 Å². The highest BCUT2D eigenvalue weighted by Gasteiger charge is 2.27. The fourth-order valence-corrected chi connectivity index (χ4v) is 3.43. The van der Waals surface area contributed by atoms with Crippen molar-refractivity contribution in [2.75, 3.05) is 13.1 Å². The first-order valence-corrected chi connectivity index (χ1v) is 8.38. The second kappa shape index (κ2) is 6.58. The van der Waals surface area contributed by atoms with Gasteiger partial charge in [0.15, 0.2) is 5.65 Å². The largest absolute Gasteiger partial charge is 0.342 e. The molecule has 6 nitrogen and oxygen atoms in total. The van der Waals surface area contributed by atoms with Gasteiger partial charge in [0.05, 0.1) is 12.1 Å².